The molecule has 1 unspecified atom stereocenters. The molecule has 1 saturated heterocycles. The Morgan fingerprint density at radius 3 is 3.06 bits per heavy atom. The molecule has 0 saturated carbocycles. The van der Waals surface area contributed by atoms with Crippen LogP contribution in [0.15, 0.2) is 11.6 Å². The lowest BCUT2D eigenvalue weighted by molar-refractivity contribution is 0.142. The van der Waals surface area contributed by atoms with Crippen molar-refractivity contribution in [3.05, 3.63) is 11.6 Å². The van der Waals surface area contributed by atoms with Gasteiger partial charge in [-0.3, -0.25) is 0 Å². The Morgan fingerprint density at radius 1 is 1.19 bits per heavy atom. The van der Waals surface area contributed by atoms with Crippen molar-refractivity contribution in [2.45, 2.75) is 57.4 Å². The SMILES string of the molecule is C1=C(CCNC2CCCOCC2)CCCC1. The van der Waals surface area contributed by atoms with Crippen molar-refractivity contribution in [1.82, 2.24) is 5.32 Å². The van der Waals surface area contributed by atoms with E-state index in [0.717, 1.165) is 19.8 Å². The number of ether oxygens (including phenoxy) is 1. The Balaban J connectivity index is 1.61. The summed E-state index contributed by atoms with van der Waals surface area (Å²) in [5.74, 6) is 0. The summed E-state index contributed by atoms with van der Waals surface area (Å²) >= 11 is 0. The zero-order valence-electron chi connectivity index (χ0n) is 10.3. The van der Waals surface area contributed by atoms with E-state index in [2.05, 4.69) is 11.4 Å². The lowest BCUT2D eigenvalue weighted by Crippen LogP contribution is -2.30. The van der Waals surface area contributed by atoms with Crippen LogP contribution < -0.4 is 5.32 Å². The van der Waals surface area contributed by atoms with Gasteiger partial charge in [0.2, 0.25) is 0 Å². The summed E-state index contributed by atoms with van der Waals surface area (Å²) in [7, 11) is 0. The fourth-order valence-corrected chi connectivity index (χ4v) is 2.68. The molecular weight excluding hydrogens is 198 g/mol. The van der Waals surface area contributed by atoms with Gasteiger partial charge in [0.25, 0.3) is 0 Å². The van der Waals surface area contributed by atoms with Gasteiger partial charge in [0.05, 0.1) is 0 Å². The Morgan fingerprint density at radius 2 is 2.19 bits per heavy atom. The maximum atomic E-state index is 5.47. The molecule has 2 nitrogen and oxygen atoms in total. The minimum absolute atomic E-state index is 0.701. The van der Waals surface area contributed by atoms with Crippen LogP contribution in [0.1, 0.15) is 51.4 Å². The molecule has 0 amide bonds. The van der Waals surface area contributed by atoms with Crippen molar-refractivity contribution in [1.29, 1.82) is 0 Å². The molecule has 1 aliphatic carbocycles. The zero-order valence-corrected chi connectivity index (χ0v) is 10.3. The molecule has 92 valence electrons. The van der Waals surface area contributed by atoms with E-state index in [9.17, 15) is 0 Å². The van der Waals surface area contributed by atoms with Crippen LogP contribution in [0.5, 0.6) is 0 Å². The van der Waals surface area contributed by atoms with E-state index in [-0.39, 0.29) is 0 Å². The van der Waals surface area contributed by atoms with Crippen LogP contribution in [0.3, 0.4) is 0 Å². The highest BCUT2D eigenvalue weighted by Crippen LogP contribution is 2.19. The molecule has 0 aromatic heterocycles. The van der Waals surface area contributed by atoms with E-state index < -0.39 is 0 Å². The summed E-state index contributed by atoms with van der Waals surface area (Å²) in [5, 5.41) is 3.69. The Labute approximate surface area is 99.4 Å². The minimum Gasteiger partial charge on any atom is -0.381 e. The quantitative estimate of drug-likeness (QED) is 0.740. The summed E-state index contributed by atoms with van der Waals surface area (Å²) in [6.07, 6.45) is 12.9. The first-order valence-corrected chi connectivity index (χ1v) is 6.94. The van der Waals surface area contributed by atoms with Gasteiger partial charge in [-0.2, -0.15) is 0 Å². The minimum atomic E-state index is 0.701. The van der Waals surface area contributed by atoms with E-state index in [4.69, 9.17) is 4.74 Å². The first-order chi connectivity index (χ1) is 7.95. The van der Waals surface area contributed by atoms with Crippen LogP contribution >= 0.6 is 0 Å². The molecule has 0 spiro atoms. The molecule has 0 radical (unpaired) electrons. The second kappa shape index (κ2) is 7.08. The van der Waals surface area contributed by atoms with Crippen LogP contribution in [0.4, 0.5) is 0 Å². The van der Waals surface area contributed by atoms with Gasteiger partial charge in [0, 0.05) is 19.3 Å². The highest BCUT2D eigenvalue weighted by Gasteiger charge is 2.11. The zero-order chi connectivity index (χ0) is 11.1. The third-order valence-corrected chi connectivity index (χ3v) is 3.72. The van der Waals surface area contributed by atoms with Gasteiger partial charge in [-0.05, 0) is 57.9 Å². The molecule has 2 heteroatoms. The number of hydrogen-bond donors (Lipinski definition) is 1. The molecular formula is C14H25NO. The number of rotatable bonds is 4. The van der Waals surface area contributed by atoms with Gasteiger partial charge in [0.1, 0.15) is 0 Å². The third kappa shape index (κ3) is 4.26. The largest absolute Gasteiger partial charge is 0.381 e. The molecule has 1 heterocycles. The average molecular weight is 223 g/mol. The first-order valence-electron chi connectivity index (χ1n) is 6.94. The summed E-state index contributed by atoms with van der Waals surface area (Å²) in [6.45, 7) is 3.07. The molecule has 2 aliphatic rings. The summed E-state index contributed by atoms with van der Waals surface area (Å²) in [6, 6.07) is 0.701. The van der Waals surface area contributed by atoms with E-state index in [1.165, 1.54) is 51.4 Å². The molecule has 0 aromatic rings. The topological polar surface area (TPSA) is 21.3 Å². The molecule has 1 aliphatic heterocycles. The van der Waals surface area contributed by atoms with Crippen molar-refractivity contribution >= 4 is 0 Å². The summed E-state index contributed by atoms with van der Waals surface area (Å²) in [5.41, 5.74) is 1.68. The molecule has 1 N–H and O–H groups in total. The van der Waals surface area contributed by atoms with Crippen LogP contribution in [-0.4, -0.2) is 25.8 Å². The first kappa shape index (κ1) is 12.1. The third-order valence-electron chi connectivity index (χ3n) is 3.72. The van der Waals surface area contributed by atoms with Gasteiger partial charge < -0.3 is 10.1 Å². The van der Waals surface area contributed by atoms with Crippen LogP contribution in [-0.2, 0) is 4.74 Å². The average Bonchev–Trinajstić information content (AvgIpc) is 2.59. The summed E-state index contributed by atoms with van der Waals surface area (Å²) < 4.78 is 5.47. The van der Waals surface area contributed by atoms with Crippen molar-refractivity contribution < 1.29 is 4.74 Å². The fourth-order valence-electron chi connectivity index (χ4n) is 2.68. The fraction of sp³-hybridized carbons (Fsp3) is 0.857. The van der Waals surface area contributed by atoms with Crippen molar-refractivity contribution in [3.8, 4) is 0 Å². The standard InChI is InChI=1S/C14H25NO/c1-2-5-13(6-3-1)8-10-15-14-7-4-11-16-12-9-14/h5,14-15H,1-4,6-12H2. The van der Waals surface area contributed by atoms with E-state index in [1.807, 2.05) is 0 Å². The number of nitrogens with one attached hydrogen (secondary N) is 1. The maximum absolute atomic E-state index is 5.47. The van der Waals surface area contributed by atoms with E-state index in [0.29, 0.717) is 6.04 Å². The Hall–Kier alpha value is -0.340. The van der Waals surface area contributed by atoms with E-state index in [1.54, 1.807) is 5.57 Å². The van der Waals surface area contributed by atoms with E-state index >= 15 is 0 Å². The molecule has 1 atom stereocenters. The van der Waals surface area contributed by atoms with Gasteiger partial charge in [-0.25, -0.2) is 0 Å². The predicted molar refractivity (Wildman–Crippen MR) is 67.6 cm³/mol. The van der Waals surface area contributed by atoms with Gasteiger partial charge in [-0.1, -0.05) is 11.6 Å². The monoisotopic (exact) mass is 223 g/mol. The second-order valence-corrected chi connectivity index (χ2v) is 5.05. The summed E-state index contributed by atoms with van der Waals surface area (Å²) in [4.78, 5) is 0. The Bertz CT molecular complexity index is 217. The molecule has 2 rings (SSSR count). The Kier molecular flexibility index (Phi) is 5.36. The van der Waals surface area contributed by atoms with Crippen molar-refractivity contribution in [2.24, 2.45) is 0 Å². The number of hydrogen-bond acceptors (Lipinski definition) is 2. The predicted octanol–water partition coefficient (Wildman–Crippen LogP) is 3.04. The van der Waals surface area contributed by atoms with Crippen LogP contribution in [0.2, 0.25) is 0 Å². The normalized spacial score (nSPS) is 27.2. The smallest absolute Gasteiger partial charge is 0.0480 e. The molecule has 0 aromatic carbocycles. The molecule has 1 fully saturated rings. The second-order valence-electron chi connectivity index (χ2n) is 5.05. The van der Waals surface area contributed by atoms with Crippen molar-refractivity contribution in [3.63, 3.8) is 0 Å². The number of allylic oxidation sites excluding steroid dienone is 1. The van der Waals surface area contributed by atoms with Gasteiger partial charge in [-0.15, -0.1) is 0 Å². The van der Waals surface area contributed by atoms with Crippen molar-refractivity contribution in [2.75, 3.05) is 19.8 Å². The van der Waals surface area contributed by atoms with Crippen LogP contribution in [0, 0.1) is 0 Å². The lowest BCUT2D eigenvalue weighted by atomic mass is 9.97. The highest BCUT2D eigenvalue weighted by molar-refractivity contribution is 5.05. The lowest BCUT2D eigenvalue weighted by Gasteiger charge is -2.17. The van der Waals surface area contributed by atoms with Gasteiger partial charge in [0.15, 0.2) is 0 Å². The molecule has 16 heavy (non-hydrogen) atoms. The van der Waals surface area contributed by atoms with Gasteiger partial charge >= 0.3 is 0 Å². The van der Waals surface area contributed by atoms with Crippen LogP contribution in [0.25, 0.3) is 0 Å². The maximum Gasteiger partial charge on any atom is 0.0480 e. The highest BCUT2D eigenvalue weighted by atomic mass is 16.5. The molecule has 0 bridgehead atoms.